The van der Waals surface area contributed by atoms with Crippen LogP contribution in [0, 0.1) is 0 Å². The molecule has 0 atom stereocenters. The van der Waals surface area contributed by atoms with E-state index in [1.54, 1.807) is 18.2 Å². The summed E-state index contributed by atoms with van der Waals surface area (Å²) >= 11 is 0. The van der Waals surface area contributed by atoms with Gasteiger partial charge in [-0.05, 0) is 6.07 Å². The number of aromatic nitrogens is 3. The molecule has 0 aliphatic rings. The molecule has 0 spiro atoms. The Balaban J connectivity index is 2.34. The third-order valence-corrected chi connectivity index (χ3v) is 2.34. The number of nitrogens with two attached hydrogens (primary N) is 1. The molecule has 0 unspecified atom stereocenters. The quantitative estimate of drug-likeness (QED) is 0.566. The number of oxazole rings is 1. The summed E-state index contributed by atoms with van der Waals surface area (Å²) in [5.41, 5.74) is 8.21. The van der Waals surface area contributed by atoms with Gasteiger partial charge in [0, 0.05) is 11.6 Å². The topological polar surface area (TPSA) is 101 Å². The first kappa shape index (κ1) is 8.78. The second-order valence-electron chi connectivity index (χ2n) is 3.40. The number of anilines is 1. The summed E-state index contributed by atoms with van der Waals surface area (Å²) in [5.74, 6) is -0.0761. The zero-order chi connectivity index (χ0) is 11.1. The molecular formula is C10H8N4O2. The molecule has 16 heavy (non-hydrogen) atoms. The Morgan fingerprint density at radius 1 is 1.38 bits per heavy atom. The number of para-hydroxylation sites is 1. The Morgan fingerprint density at radius 3 is 3.00 bits per heavy atom. The number of H-pyrrole nitrogens is 2. The minimum absolute atomic E-state index is 0.401. The fourth-order valence-electron chi connectivity index (χ4n) is 1.67. The molecule has 80 valence electrons. The van der Waals surface area contributed by atoms with E-state index >= 15 is 0 Å². The summed E-state index contributed by atoms with van der Waals surface area (Å²) in [6.45, 7) is 0. The van der Waals surface area contributed by atoms with Gasteiger partial charge in [-0.1, -0.05) is 12.1 Å². The number of rotatable bonds is 1. The van der Waals surface area contributed by atoms with Crippen LogP contribution in [0.4, 0.5) is 5.82 Å². The summed E-state index contributed by atoms with van der Waals surface area (Å²) in [5, 5.41) is 6.62. The van der Waals surface area contributed by atoms with Gasteiger partial charge < -0.3 is 10.2 Å². The fraction of sp³-hybridized carbons (Fsp3) is 0. The SMILES string of the molecule is Nc1cc(-c2cccc3oc(=O)[nH]c23)[nH]n1. The van der Waals surface area contributed by atoms with E-state index in [1.807, 2.05) is 6.07 Å². The molecule has 2 heterocycles. The van der Waals surface area contributed by atoms with Gasteiger partial charge in [-0.3, -0.25) is 10.1 Å². The lowest BCUT2D eigenvalue weighted by atomic mass is 10.1. The summed E-state index contributed by atoms with van der Waals surface area (Å²) in [4.78, 5) is 13.7. The van der Waals surface area contributed by atoms with E-state index in [0.717, 1.165) is 11.3 Å². The largest absolute Gasteiger partial charge is 0.417 e. The minimum Gasteiger partial charge on any atom is -0.408 e. The Hall–Kier alpha value is -2.50. The predicted molar refractivity (Wildman–Crippen MR) is 58.8 cm³/mol. The molecule has 0 aliphatic heterocycles. The minimum atomic E-state index is -0.477. The van der Waals surface area contributed by atoms with Gasteiger partial charge in [0.15, 0.2) is 5.58 Å². The standard InChI is InChI=1S/C10H8N4O2/c11-8-4-6(13-14-8)5-2-1-3-7-9(5)12-10(15)16-7/h1-4H,(H,12,15)(H3,11,13,14). The van der Waals surface area contributed by atoms with Crippen molar-refractivity contribution >= 4 is 16.9 Å². The van der Waals surface area contributed by atoms with Crippen molar-refractivity contribution in [1.82, 2.24) is 15.2 Å². The van der Waals surface area contributed by atoms with Crippen molar-refractivity contribution in [2.24, 2.45) is 0 Å². The van der Waals surface area contributed by atoms with Crippen LogP contribution in [0.5, 0.6) is 0 Å². The maximum absolute atomic E-state index is 11.1. The van der Waals surface area contributed by atoms with Crippen LogP contribution in [-0.2, 0) is 0 Å². The smallest absolute Gasteiger partial charge is 0.408 e. The van der Waals surface area contributed by atoms with Crippen LogP contribution in [-0.4, -0.2) is 15.2 Å². The van der Waals surface area contributed by atoms with Gasteiger partial charge in [0.25, 0.3) is 0 Å². The number of aromatic amines is 2. The van der Waals surface area contributed by atoms with Crippen LogP contribution >= 0.6 is 0 Å². The maximum atomic E-state index is 11.1. The molecule has 3 aromatic rings. The zero-order valence-electron chi connectivity index (χ0n) is 8.15. The molecule has 6 nitrogen and oxygen atoms in total. The van der Waals surface area contributed by atoms with Gasteiger partial charge in [0.1, 0.15) is 5.82 Å². The predicted octanol–water partition coefficient (Wildman–Crippen LogP) is 1.09. The first-order chi connectivity index (χ1) is 7.74. The maximum Gasteiger partial charge on any atom is 0.417 e. The lowest BCUT2D eigenvalue weighted by Crippen LogP contribution is -1.93. The van der Waals surface area contributed by atoms with Crippen molar-refractivity contribution in [3.63, 3.8) is 0 Å². The van der Waals surface area contributed by atoms with Crippen LogP contribution < -0.4 is 11.5 Å². The van der Waals surface area contributed by atoms with Gasteiger partial charge in [0.2, 0.25) is 0 Å². The highest BCUT2D eigenvalue weighted by atomic mass is 16.4. The molecule has 0 bridgehead atoms. The monoisotopic (exact) mass is 216 g/mol. The van der Waals surface area contributed by atoms with E-state index in [2.05, 4.69) is 15.2 Å². The van der Waals surface area contributed by atoms with Crippen LogP contribution in [0.25, 0.3) is 22.4 Å². The van der Waals surface area contributed by atoms with E-state index < -0.39 is 5.76 Å². The van der Waals surface area contributed by atoms with Crippen molar-refractivity contribution in [3.8, 4) is 11.3 Å². The Labute approximate surface area is 89.1 Å². The first-order valence-electron chi connectivity index (χ1n) is 4.67. The molecule has 0 fully saturated rings. The zero-order valence-corrected chi connectivity index (χ0v) is 8.15. The average molecular weight is 216 g/mol. The van der Waals surface area contributed by atoms with Crippen LogP contribution in [0.3, 0.4) is 0 Å². The summed E-state index contributed by atoms with van der Waals surface area (Å²) in [6.07, 6.45) is 0. The van der Waals surface area contributed by atoms with E-state index in [1.165, 1.54) is 0 Å². The molecule has 1 aromatic carbocycles. The average Bonchev–Trinajstić information content (AvgIpc) is 2.82. The first-order valence-corrected chi connectivity index (χ1v) is 4.67. The molecular weight excluding hydrogens is 208 g/mol. The van der Waals surface area contributed by atoms with Crippen molar-refractivity contribution in [2.45, 2.75) is 0 Å². The van der Waals surface area contributed by atoms with Crippen molar-refractivity contribution in [1.29, 1.82) is 0 Å². The Bertz CT molecular complexity index is 707. The van der Waals surface area contributed by atoms with Gasteiger partial charge in [-0.15, -0.1) is 0 Å². The highest BCUT2D eigenvalue weighted by Crippen LogP contribution is 2.25. The number of nitrogen functional groups attached to an aromatic ring is 1. The molecule has 6 heteroatoms. The third-order valence-electron chi connectivity index (χ3n) is 2.34. The van der Waals surface area contributed by atoms with Gasteiger partial charge in [-0.2, -0.15) is 5.10 Å². The number of benzene rings is 1. The molecule has 3 rings (SSSR count). The van der Waals surface area contributed by atoms with Crippen LogP contribution in [0.2, 0.25) is 0 Å². The van der Waals surface area contributed by atoms with Crippen LogP contribution in [0.15, 0.2) is 33.5 Å². The molecule has 0 radical (unpaired) electrons. The van der Waals surface area contributed by atoms with E-state index in [0.29, 0.717) is 16.9 Å². The number of nitrogens with zero attached hydrogens (tertiary/aromatic N) is 1. The Kier molecular flexibility index (Phi) is 1.64. The van der Waals surface area contributed by atoms with Crippen molar-refractivity contribution in [3.05, 3.63) is 34.8 Å². The van der Waals surface area contributed by atoms with Gasteiger partial charge >= 0.3 is 5.76 Å². The summed E-state index contributed by atoms with van der Waals surface area (Å²) in [6, 6.07) is 7.06. The van der Waals surface area contributed by atoms with Gasteiger partial charge in [0.05, 0.1) is 11.2 Å². The second-order valence-corrected chi connectivity index (χ2v) is 3.40. The van der Waals surface area contributed by atoms with Crippen molar-refractivity contribution < 1.29 is 4.42 Å². The molecule has 0 aliphatic carbocycles. The lowest BCUT2D eigenvalue weighted by Gasteiger charge is -1.96. The molecule has 2 aromatic heterocycles. The van der Waals surface area contributed by atoms with Gasteiger partial charge in [-0.25, -0.2) is 4.79 Å². The van der Waals surface area contributed by atoms with E-state index in [4.69, 9.17) is 10.2 Å². The molecule has 0 amide bonds. The van der Waals surface area contributed by atoms with Crippen molar-refractivity contribution in [2.75, 3.05) is 5.73 Å². The number of hydrogen-bond acceptors (Lipinski definition) is 4. The summed E-state index contributed by atoms with van der Waals surface area (Å²) in [7, 11) is 0. The number of fused-ring (bicyclic) bond motifs is 1. The van der Waals surface area contributed by atoms with E-state index in [9.17, 15) is 4.79 Å². The highest BCUT2D eigenvalue weighted by Gasteiger charge is 2.09. The molecule has 4 N–H and O–H groups in total. The number of nitrogens with one attached hydrogen (secondary N) is 2. The Morgan fingerprint density at radius 2 is 2.25 bits per heavy atom. The second kappa shape index (κ2) is 2.99. The highest BCUT2D eigenvalue weighted by molar-refractivity contribution is 5.89. The molecule has 0 saturated carbocycles. The third kappa shape index (κ3) is 1.20. The summed E-state index contributed by atoms with van der Waals surface area (Å²) < 4.78 is 4.96. The number of hydrogen-bond donors (Lipinski definition) is 3. The normalized spacial score (nSPS) is 11.0. The fourth-order valence-corrected chi connectivity index (χ4v) is 1.67. The van der Waals surface area contributed by atoms with E-state index in [-0.39, 0.29) is 0 Å². The van der Waals surface area contributed by atoms with Crippen LogP contribution in [0.1, 0.15) is 0 Å². The molecule has 0 saturated heterocycles. The lowest BCUT2D eigenvalue weighted by molar-refractivity contribution is 0.555.